The summed E-state index contributed by atoms with van der Waals surface area (Å²) in [6, 6.07) is 21.8. The van der Waals surface area contributed by atoms with Crippen LogP contribution in [0, 0.1) is 143 Å². The van der Waals surface area contributed by atoms with Gasteiger partial charge in [0.25, 0.3) is 0 Å². The van der Waals surface area contributed by atoms with Crippen molar-refractivity contribution in [3.63, 3.8) is 0 Å². The van der Waals surface area contributed by atoms with Gasteiger partial charge in [-0.15, -0.1) is 25.7 Å². The molecule has 0 bridgehead atoms. The molecule has 9 nitrogen and oxygen atoms in total. The minimum absolute atomic E-state index is 0.0249. The third kappa shape index (κ3) is 15.7. The minimum atomic E-state index is -2.06. The zero-order chi connectivity index (χ0) is 48.9. The summed E-state index contributed by atoms with van der Waals surface area (Å²) in [7, 11) is 8.87. The number of hydrogen-bond acceptors (Lipinski definition) is 9. The van der Waals surface area contributed by atoms with Crippen LogP contribution in [0.25, 0.3) is 0 Å². The Hall–Kier alpha value is -7.82. The van der Waals surface area contributed by atoms with E-state index < -0.39 is 15.8 Å². The van der Waals surface area contributed by atoms with Gasteiger partial charge in [0.1, 0.15) is 34.1 Å². The maximum absolute atomic E-state index is 6.69. The van der Waals surface area contributed by atoms with Crippen LogP contribution in [0.4, 0.5) is 0 Å². The van der Waals surface area contributed by atoms with Gasteiger partial charge < -0.3 is 44.6 Å². The monoisotopic (exact) mass is 1060 g/mol. The molecule has 2 aliphatic rings. The molecular formula is C54H34Cl2N2O7P2Ru+4. The number of hydrogen-bond donors (Lipinski definition) is 2. The van der Waals surface area contributed by atoms with E-state index in [1.807, 2.05) is 48.5 Å². The molecule has 2 heterocycles. The molecule has 2 atom stereocenters. The van der Waals surface area contributed by atoms with Crippen LogP contribution in [0.5, 0.6) is 46.0 Å². The van der Waals surface area contributed by atoms with Gasteiger partial charge in [0.2, 0.25) is 36.6 Å². The van der Waals surface area contributed by atoms with Crippen molar-refractivity contribution in [2.45, 2.75) is 12.1 Å². The Morgan fingerprint density at radius 3 is 1.12 bits per heavy atom. The van der Waals surface area contributed by atoms with Crippen LogP contribution in [-0.4, -0.2) is 27.8 Å². The SMILES string of the molecule is C#CC#CC#C[PH+](C#CC#CC#C)c1ccc2c(c1Oc1c([PH+](C#CC#CC#C)C#CC#CC#C)ccc3c1OCO3)OCO2.COc1ccc(C(N)C(N)c2ccc(OC)cc2)cc1.[Cl][Ru+2][Cl]. The molecule has 2 unspecified atom stereocenters. The van der Waals surface area contributed by atoms with Crippen LogP contribution in [0.1, 0.15) is 23.2 Å². The third-order valence-corrected chi connectivity index (χ3v) is 12.0. The van der Waals surface area contributed by atoms with Crippen molar-refractivity contribution in [3.05, 3.63) is 83.9 Å². The summed E-state index contributed by atoms with van der Waals surface area (Å²) in [5, 5.41) is 1.23. The number of fused-ring (bicyclic) bond motifs is 2. The molecule has 14 heteroatoms. The summed E-state index contributed by atoms with van der Waals surface area (Å²) in [6.07, 6.45) is 21.0. The molecule has 2 aliphatic heterocycles. The van der Waals surface area contributed by atoms with E-state index in [-0.39, 0.29) is 40.8 Å². The van der Waals surface area contributed by atoms with E-state index in [2.05, 4.69) is 117 Å². The van der Waals surface area contributed by atoms with Crippen LogP contribution < -0.4 is 55.2 Å². The van der Waals surface area contributed by atoms with Gasteiger partial charge in [-0.1, -0.05) is 24.3 Å². The molecule has 4 N–H and O–H groups in total. The predicted molar refractivity (Wildman–Crippen MR) is 270 cm³/mol. The predicted octanol–water partition coefficient (Wildman–Crippen LogP) is 6.79. The average Bonchev–Trinajstić information content (AvgIpc) is 4.07. The molecule has 0 amide bonds. The summed E-state index contributed by atoms with van der Waals surface area (Å²) in [5.74, 6) is 44.1. The van der Waals surface area contributed by atoms with Crippen LogP contribution >= 0.6 is 35.2 Å². The van der Waals surface area contributed by atoms with E-state index >= 15 is 0 Å². The fraction of sp³-hybridized carbons (Fsp3) is 0.111. The topological polar surface area (TPSA) is 117 Å². The second-order valence-corrected chi connectivity index (χ2v) is 18.6. The zero-order valence-corrected chi connectivity index (χ0v) is 41.2. The first-order chi connectivity index (χ1) is 33.3. The molecule has 4 aromatic carbocycles. The molecule has 0 saturated carbocycles. The van der Waals surface area contributed by atoms with Crippen molar-refractivity contribution < 1.29 is 48.3 Å². The van der Waals surface area contributed by atoms with Crippen molar-refractivity contribution in [1.82, 2.24) is 0 Å². The average molecular weight is 1060 g/mol. The zero-order valence-electron chi connectivity index (χ0n) is 35.9. The Morgan fingerprint density at radius 1 is 0.500 bits per heavy atom. The Bertz CT molecular complexity index is 2870. The van der Waals surface area contributed by atoms with Gasteiger partial charge in [0.05, 0.1) is 14.2 Å². The summed E-state index contributed by atoms with van der Waals surface area (Å²) in [5.41, 5.74) is 26.8. The standard InChI is InChI=1S/C38H12O5P2.C16H20N2O2.2ClH.Ru/c1-5-9-13-17-25-44(26-18-14-10-6-2)33-23-21-31-35(41-29-39-31)37(33)43-38-34(24-22-32-36(38)42-30-40-32)45(27-19-15-11-7-3)28-20-16-12-8-4;1-19-13-7-3-11(4-8-13)15(17)16(18)12-5-9-14(20-2)10-6-12;;;/h1-4,21-24H,29-30H2;3-10,15-16H,17-18H2,1-2H3;2*1H;/q;;;;+4. The van der Waals surface area contributed by atoms with Gasteiger partial charge in [0, 0.05) is 59.4 Å². The van der Waals surface area contributed by atoms with Gasteiger partial charge in [-0.25, -0.2) is 0 Å². The molecule has 0 spiro atoms. The number of benzene rings is 4. The van der Waals surface area contributed by atoms with Gasteiger partial charge in [-0.05, 0) is 107 Å². The molecule has 6 rings (SSSR count). The van der Waals surface area contributed by atoms with Crippen molar-refractivity contribution in [2.75, 3.05) is 27.8 Å². The number of halogens is 2. The summed E-state index contributed by atoms with van der Waals surface area (Å²) in [6.45, 7) is -0.0498. The molecule has 0 saturated heterocycles. The molecule has 0 radical (unpaired) electrons. The molecule has 68 heavy (non-hydrogen) atoms. The number of methoxy groups -OCH3 is 2. The van der Waals surface area contributed by atoms with Crippen LogP contribution in [0.3, 0.4) is 0 Å². The van der Waals surface area contributed by atoms with Crippen molar-refractivity contribution in [1.29, 1.82) is 0 Å². The fourth-order valence-corrected chi connectivity index (χ4v) is 8.33. The maximum atomic E-state index is 6.69. The van der Waals surface area contributed by atoms with Crippen LogP contribution in [-0.2, 0) is 15.1 Å². The van der Waals surface area contributed by atoms with Gasteiger partial charge in [-0.2, -0.15) is 0 Å². The van der Waals surface area contributed by atoms with Crippen molar-refractivity contribution in [2.24, 2.45) is 11.5 Å². The number of rotatable bonds is 9. The van der Waals surface area contributed by atoms with Crippen molar-refractivity contribution >= 4 is 45.8 Å². The number of nitrogens with two attached hydrogens (primary N) is 2. The van der Waals surface area contributed by atoms with E-state index in [1.54, 1.807) is 38.5 Å². The molecule has 0 fully saturated rings. The van der Waals surface area contributed by atoms with Crippen molar-refractivity contribution in [3.8, 4) is 189 Å². The second kappa shape index (κ2) is 29.7. The first-order valence-electron chi connectivity index (χ1n) is 19.1. The Kier molecular flexibility index (Phi) is 23.0. The van der Waals surface area contributed by atoms with E-state index in [4.69, 9.17) is 89.7 Å². The Morgan fingerprint density at radius 2 is 0.824 bits per heavy atom. The van der Waals surface area contributed by atoms with Crippen LogP contribution in [0.15, 0.2) is 72.8 Å². The summed E-state index contributed by atoms with van der Waals surface area (Å²) >= 11 is -0.346. The van der Waals surface area contributed by atoms with E-state index in [9.17, 15) is 0 Å². The first-order valence-corrected chi connectivity index (χ1v) is 26.5. The van der Waals surface area contributed by atoms with Gasteiger partial charge in [-0.3, -0.25) is 0 Å². The molecular weight excluding hydrogens is 1020 g/mol. The Balaban J connectivity index is 0.000000363. The first kappa shape index (κ1) is 52.8. The third-order valence-electron chi connectivity index (χ3n) is 8.66. The Labute approximate surface area is 415 Å². The quantitative estimate of drug-likeness (QED) is 0.106. The normalized spacial score (nSPS) is 10.6. The van der Waals surface area contributed by atoms with Gasteiger partial charge in [0.15, 0.2) is 38.0 Å². The van der Waals surface area contributed by atoms with Gasteiger partial charge >= 0.3 is 34.5 Å². The fourth-order valence-electron chi connectivity index (χ4n) is 5.64. The van der Waals surface area contributed by atoms with E-state index in [1.165, 1.54) is 0 Å². The summed E-state index contributed by atoms with van der Waals surface area (Å²) in [4.78, 5) is 0. The second-order valence-electron chi connectivity index (χ2n) is 12.4. The number of ether oxygens (including phenoxy) is 7. The molecule has 0 aromatic heterocycles. The number of terminal acetylenes is 4. The molecule has 4 aromatic rings. The summed E-state index contributed by atoms with van der Waals surface area (Å²) < 4.78 is 40.0. The molecule has 0 aliphatic carbocycles. The van der Waals surface area contributed by atoms with E-state index in [0.29, 0.717) is 45.1 Å². The van der Waals surface area contributed by atoms with E-state index in [0.717, 1.165) is 22.6 Å². The van der Waals surface area contributed by atoms with Crippen LogP contribution in [0.2, 0.25) is 0 Å². The molecule has 330 valence electrons.